The third-order valence-electron chi connectivity index (χ3n) is 6.01. The molecule has 2 N–H and O–H groups in total. The Kier molecular flexibility index (Phi) is 5.86. The zero-order valence-corrected chi connectivity index (χ0v) is 19.8. The standard InChI is InChI=1S/C25H21F3N8O/c1-34-21-18-12-16(6-9-20(18)33-22(29)19(21)13-32-34)23(37)36(35(2)24-30-10-3-11-31-24)14-15-4-7-17(8-5-15)25(26,27)28/h3-13H,14H2,1-2H3,(H2,29,33). The highest BCUT2D eigenvalue weighted by atomic mass is 19.4. The smallest absolute Gasteiger partial charge is 0.383 e. The minimum absolute atomic E-state index is 0.0229. The van der Waals surface area contributed by atoms with Gasteiger partial charge < -0.3 is 5.73 Å². The third-order valence-corrected chi connectivity index (χ3v) is 6.01. The molecule has 37 heavy (non-hydrogen) atoms. The van der Waals surface area contributed by atoms with E-state index in [1.165, 1.54) is 34.5 Å². The van der Waals surface area contributed by atoms with Crippen LogP contribution in [0.15, 0.2) is 67.1 Å². The molecule has 0 spiro atoms. The van der Waals surface area contributed by atoms with Crippen LogP contribution in [-0.2, 0) is 19.8 Å². The second-order valence-electron chi connectivity index (χ2n) is 8.39. The molecule has 0 aliphatic carbocycles. The van der Waals surface area contributed by atoms with Crippen LogP contribution in [0.25, 0.3) is 21.8 Å². The van der Waals surface area contributed by atoms with Gasteiger partial charge in [0.15, 0.2) is 0 Å². The fourth-order valence-electron chi connectivity index (χ4n) is 4.09. The second-order valence-corrected chi connectivity index (χ2v) is 8.39. The molecule has 0 atom stereocenters. The van der Waals surface area contributed by atoms with E-state index in [0.717, 1.165) is 17.6 Å². The van der Waals surface area contributed by atoms with Crippen LogP contribution in [0.5, 0.6) is 0 Å². The molecule has 0 bridgehead atoms. The maximum absolute atomic E-state index is 13.8. The zero-order valence-electron chi connectivity index (χ0n) is 19.8. The number of fused-ring (bicyclic) bond motifs is 3. The largest absolute Gasteiger partial charge is 0.416 e. The van der Waals surface area contributed by atoms with E-state index in [9.17, 15) is 18.0 Å². The molecule has 3 heterocycles. The second kappa shape index (κ2) is 9.04. The molecular formula is C25H21F3N8O. The van der Waals surface area contributed by atoms with Crippen molar-refractivity contribution < 1.29 is 18.0 Å². The summed E-state index contributed by atoms with van der Waals surface area (Å²) in [5.74, 6) is 0.162. The van der Waals surface area contributed by atoms with E-state index in [4.69, 9.17) is 5.73 Å². The minimum Gasteiger partial charge on any atom is -0.383 e. The first-order valence-electron chi connectivity index (χ1n) is 11.1. The van der Waals surface area contributed by atoms with Gasteiger partial charge in [0.1, 0.15) is 5.82 Å². The molecular weight excluding hydrogens is 485 g/mol. The number of alkyl halides is 3. The molecule has 0 unspecified atom stereocenters. The zero-order chi connectivity index (χ0) is 26.3. The van der Waals surface area contributed by atoms with E-state index in [1.54, 1.807) is 49.2 Å². The summed E-state index contributed by atoms with van der Waals surface area (Å²) in [6.45, 7) is -0.0229. The Morgan fingerprint density at radius 2 is 1.76 bits per heavy atom. The Morgan fingerprint density at radius 3 is 2.43 bits per heavy atom. The molecule has 0 saturated carbocycles. The number of nitrogens with two attached hydrogens (primary N) is 1. The van der Waals surface area contributed by atoms with Gasteiger partial charge in [-0.3, -0.25) is 14.5 Å². The molecule has 9 nitrogen and oxygen atoms in total. The molecule has 1 amide bonds. The minimum atomic E-state index is -4.46. The summed E-state index contributed by atoms with van der Waals surface area (Å²) < 4.78 is 40.8. The monoisotopic (exact) mass is 506 g/mol. The number of pyridine rings is 1. The third kappa shape index (κ3) is 4.48. The van der Waals surface area contributed by atoms with Crippen molar-refractivity contribution in [3.63, 3.8) is 0 Å². The number of carbonyl (C=O) groups excluding carboxylic acids is 1. The van der Waals surface area contributed by atoms with Crippen LogP contribution in [0, 0.1) is 0 Å². The highest BCUT2D eigenvalue weighted by Crippen LogP contribution is 2.30. The number of nitrogens with zero attached hydrogens (tertiary/aromatic N) is 7. The topological polar surface area (TPSA) is 106 Å². The average molecular weight is 506 g/mol. The first-order chi connectivity index (χ1) is 17.6. The lowest BCUT2D eigenvalue weighted by atomic mass is 10.1. The van der Waals surface area contributed by atoms with Gasteiger partial charge in [-0.05, 0) is 42.0 Å². The number of hydrogen-bond acceptors (Lipinski definition) is 7. The number of carbonyl (C=O) groups is 1. The van der Waals surface area contributed by atoms with E-state index in [1.807, 2.05) is 0 Å². The van der Waals surface area contributed by atoms with Gasteiger partial charge in [-0.1, -0.05) is 12.1 Å². The van der Waals surface area contributed by atoms with Gasteiger partial charge in [-0.2, -0.15) is 18.3 Å². The summed E-state index contributed by atoms with van der Waals surface area (Å²) >= 11 is 0. The Bertz CT molecular complexity index is 1600. The van der Waals surface area contributed by atoms with E-state index in [-0.39, 0.29) is 12.5 Å². The van der Waals surface area contributed by atoms with Gasteiger partial charge in [0.25, 0.3) is 5.91 Å². The van der Waals surface area contributed by atoms with Crippen LogP contribution in [0.1, 0.15) is 21.5 Å². The van der Waals surface area contributed by atoms with Crippen LogP contribution in [0.4, 0.5) is 24.9 Å². The predicted molar refractivity (Wildman–Crippen MR) is 132 cm³/mol. The Labute approximate surface area is 208 Å². The Balaban J connectivity index is 1.57. The summed E-state index contributed by atoms with van der Waals surface area (Å²) in [6, 6.07) is 11.3. The summed E-state index contributed by atoms with van der Waals surface area (Å²) in [7, 11) is 3.38. The molecule has 0 aliphatic heterocycles. The summed E-state index contributed by atoms with van der Waals surface area (Å²) in [5.41, 5.74) is 7.46. The molecule has 0 saturated heterocycles. The molecule has 3 aromatic heterocycles. The predicted octanol–water partition coefficient (Wildman–Crippen LogP) is 4.21. The fraction of sp³-hybridized carbons (Fsp3) is 0.160. The highest BCUT2D eigenvalue weighted by molar-refractivity contribution is 6.10. The van der Waals surface area contributed by atoms with Gasteiger partial charge in [-0.15, -0.1) is 0 Å². The number of nitrogen functional groups attached to an aromatic ring is 1. The number of aromatic nitrogens is 5. The van der Waals surface area contributed by atoms with Crippen molar-refractivity contribution in [1.29, 1.82) is 0 Å². The van der Waals surface area contributed by atoms with Crippen molar-refractivity contribution >= 4 is 39.5 Å². The van der Waals surface area contributed by atoms with Crippen LogP contribution in [0.3, 0.4) is 0 Å². The molecule has 5 aromatic rings. The van der Waals surface area contributed by atoms with E-state index >= 15 is 0 Å². The summed E-state index contributed by atoms with van der Waals surface area (Å²) in [6.07, 6.45) is 0.223. The average Bonchev–Trinajstić information content (AvgIpc) is 3.29. The molecule has 0 radical (unpaired) electrons. The van der Waals surface area contributed by atoms with Crippen molar-refractivity contribution in [1.82, 2.24) is 29.7 Å². The lowest BCUT2D eigenvalue weighted by molar-refractivity contribution is -0.137. The van der Waals surface area contributed by atoms with Crippen molar-refractivity contribution in [2.75, 3.05) is 17.8 Å². The van der Waals surface area contributed by atoms with Gasteiger partial charge in [0, 0.05) is 37.4 Å². The lowest BCUT2D eigenvalue weighted by Gasteiger charge is -2.32. The van der Waals surface area contributed by atoms with E-state index < -0.39 is 17.6 Å². The van der Waals surface area contributed by atoms with Crippen LogP contribution < -0.4 is 10.7 Å². The van der Waals surface area contributed by atoms with Crippen molar-refractivity contribution in [3.05, 3.63) is 83.8 Å². The number of halogens is 3. The van der Waals surface area contributed by atoms with Gasteiger partial charge in [-0.25, -0.2) is 20.0 Å². The quantitative estimate of drug-likeness (QED) is 0.356. The van der Waals surface area contributed by atoms with Crippen LogP contribution in [-0.4, -0.2) is 42.7 Å². The summed E-state index contributed by atoms with van der Waals surface area (Å²) in [4.78, 5) is 26.7. The lowest BCUT2D eigenvalue weighted by Crippen LogP contribution is -2.44. The molecule has 2 aromatic carbocycles. The van der Waals surface area contributed by atoms with Crippen molar-refractivity contribution in [2.24, 2.45) is 7.05 Å². The molecule has 188 valence electrons. The molecule has 5 rings (SSSR count). The number of rotatable bonds is 5. The number of amides is 1. The van der Waals surface area contributed by atoms with Crippen LogP contribution >= 0.6 is 0 Å². The number of benzene rings is 2. The maximum atomic E-state index is 13.8. The van der Waals surface area contributed by atoms with E-state index in [0.29, 0.717) is 33.2 Å². The van der Waals surface area contributed by atoms with Gasteiger partial charge >= 0.3 is 6.18 Å². The maximum Gasteiger partial charge on any atom is 0.416 e. The number of hydrogen-bond donors (Lipinski definition) is 1. The van der Waals surface area contributed by atoms with Crippen molar-refractivity contribution in [2.45, 2.75) is 12.7 Å². The molecule has 12 heteroatoms. The highest BCUT2D eigenvalue weighted by Gasteiger charge is 2.30. The molecule has 0 fully saturated rings. The Morgan fingerprint density at radius 1 is 1.05 bits per heavy atom. The number of aryl methyl sites for hydroxylation is 1. The number of anilines is 2. The SMILES string of the molecule is CN(c1ncccn1)N(Cc1ccc(C(F)(F)F)cc1)C(=O)c1ccc2nc(N)c3cnn(C)c3c2c1. The normalized spacial score (nSPS) is 11.7. The van der Waals surface area contributed by atoms with E-state index in [2.05, 4.69) is 20.1 Å². The first kappa shape index (κ1) is 24.0. The van der Waals surface area contributed by atoms with Gasteiger partial charge in [0.05, 0.1) is 34.7 Å². The summed E-state index contributed by atoms with van der Waals surface area (Å²) in [5, 5.41) is 8.44. The Hall–Kier alpha value is -4.74. The fourth-order valence-corrected chi connectivity index (χ4v) is 4.09. The van der Waals surface area contributed by atoms with Crippen molar-refractivity contribution in [3.8, 4) is 0 Å². The first-order valence-corrected chi connectivity index (χ1v) is 11.1. The molecule has 0 aliphatic rings. The van der Waals surface area contributed by atoms with Gasteiger partial charge in [0.2, 0.25) is 5.95 Å². The number of hydrazine groups is 1. The van der Waals surface area contributed by atoms with Crippen LogP contribution in [0.2, 0.25) is 0 Å².